The molecule has 0 saturated carbocycles. The van der Waals surface area contributed by atoms with Crippen LogP contribution < -0.4 is 5.32 Å². The second kappa shape index (κ2) is 6.70. The van der Waals surface area contributed by atoms with Gasteiger partial charge < -0.3 is 5.32 Å². The summed E-state index contributed by atoms with van der Waals surface area (Å²) in [5, 5.41) is 2.52. The number of sulfonamides is 1. The van der Waals surface area contributed by atoms with Crippen molar-refractivity contribution in [2.24, 2.45) is 0 Å². The predicted octanol–water partition coefficient (Wildman–Crippen LogP) is 1.97. The molecule has 1 fully saturated rings. The molecule has 24 heavy (non-hydrogen) atoms. The molecule has 1 amide bonds. The fraction of sp³-hybridized carbons (Fsp3) is 0.294. The molecular formula is C17H19N3O3S. The summed E-state index contributed by atoms with van der Waals surface area (Å²) >= 11 is 0. The van der Waals surface area contributed by atoms with E-state index in [0.717, 1.165) is 18.4 Å². The molecule has 1 aliphatic rings. The van der Waals surface area contributed by atoms with Crippen LogP contribution in [-0.2, 0) is 10.0 Å². The Hall–Kier alpha value is -2.25. The predicted molar refractivity (Wildman–Crippen MR) is 89.9 cm³/mol. The topological polar surface area (TPSA) is 79.4 Å². The molecule has 0 unspecified atom stereocenters. The van der Waals surface area contributed by atoms with Crippen molar-refractivity contribution in [1.29, 1.82) is 0 Å². The molecule has 0 spiro atoms. The van der Waals surface area contributed by atoms with Crippen molar-refractivity contribution in [2.75, 3.05) is 13.6 Å². The smallest absolute Gasteiger partial charge is 0.251 e. The highest BCUT2D eigenvalue weighted by molar-refractivity contribution is 7.89. The van der Waals surface area contributed by atoms with Gasteiger partial charge in [0.25, 0.3) is 5.91 Å². The quantitative estimate of drug-likeness (QED) is 0.919. The van der Waals surface area contributed by atoms with Gasteiger partial charge in [0, 0.05) is 31.5 Å². The largest absolute Gasteiger partial charge is 0.355 e. The number of nitrogens with zero attached hydrogens (tertiary/aromatic N) is 2. The van der Waals surface area contributed by atoms with Crippen LogP contribution in [0, 0.1) is 0 Å². The average Bonchev–Trinajstić information content (AvgIpc) is 3.12. The maximum absolute atomic E-state index is 13.0. The molecule has 0 radical (unpaired) electrons. The van der Waals surface area contributed by atoms with Crippen molar-refractivity contribution in [2.45, 2.75) is 23.8 Å². The molecule has 1 aliphatic heterocycles. The Morgan fingerprint density at radius 2 is 1.83 bits per heavy atom. The van der Waals surface area contributed by atoms with Gasteiger partial charge in [-0.1, -0.05) is 0 Å². The molecule has 2 heterocycles. The van der Waals surface area contributed by atoms with Crippen LogP contribution in [0.15, 0.2) is 53.7 Å². The van der Waals surface area contributed by atoms with E-state index in [0.29, 0.717) is 12.1 Å². The number of aromatic nitrogens is 1. The average molecular weight is 345 g/mol. The lowest BCUT2D eigenvalue weighted by Gasteiger charge is -2.24. The minimum atomic E-state index is -3.60. The van der Waals surface area contributed by atoms with Crippen molar-refractivity contribution in [1.82, 2.24) is 14.6 Å². The first kappa shape index (κ1) is 16.6. The molecule has 2 aromatic rings. The van der Waals surface area contributed by atoms with Crippen molar-refractivity contribution in [3.8, 4) is 0 Å². The molecule has 126 valence electrons. The summed E-state index contributed by atoms with van der Waals surface area (Å²) in [7, 11) is -2.07. The first-order chi connectivity index (χ1) is 11.5. The monoisotopic (exact) mass is 345 g/mol. The second-order valence-corrected chi connectivity index (χ2v) is 7.55. The van der Waals surface area contributed by atoms with E-state index >= 15 is 0 Å². The number of carbonyl (C=O) groups excluding carboxylic acids is 1. The third-order valence-corrected chi connectivity index (χ3v) is 6.17. The second-order valence-electron chi connectivity index (χ2n) is 5.66. The molecule has 1 saturated heterocycles. The Bertz CT molecular complexity index is 820. The standard InChI is InChI=1S/C17H19N3O3S/c1-18-17(21)14-4-6-15(7-5-14)24(22,23)20-12-2-3-16(20)13-8-10-19-11-9-13/h4-11,16H,2-3,12H2,1H3,(H,18,21)/t16-/m0/s1. The van der Waals surface area contributed by atoms with Crippen LogP contribution in [0.1, 0.15) is 34.8 Å². The van der Waals surface area contributed by atoms with Gasteiger partial charge in [-0.2, -0.15) is 4.31 Å². The Morgan fingerprint density at radius 3 is 2.46 bits per heavy atom. The van der Waals surface area contributed by atoms with Gasteiger partial charge in [-0.25, -0.2) is 8.42 Å². The molecule has 1 aromatic heterocycles. The molecule has 7 heteroatoms. The van der Waals surface area contributed by atoms with E-state index in [1.54, 1.807) is 12.4 Å². The fourth-order valence-corrected chi connectivity index (χ4v) is 4.69. The van der Waals surface area contributed by atoms with Gasteiger partial charge in [0.2, 0.25) is 10.0 Å². The normalized spacial score (nSPS) is 18.5. The van der Waals surface area contributed by atoms with Gasteiger partial charge in [0.15, 0.2) is 0 Å². The molecule has 0 bridgehead atoms. The van der Waals surface area contributed by atoms with E-state index in [-0.39, 0.29) is 16.8 Å². The van der Waals surface area contributed by atoms with Gasteiger partial charge >= 0.3 is 0 Å². The van der Waals surface area contributed by atoms with Crippen LogP contribution >= 0.6 is 0 Å². The number of rotatable bonds is 4. The summed E-state index contributed by atoms with van der Waals surface area (Å²) in [6, 6.07) is 9.58. The number of amides is 1. The van der Waals surface area contributed by atoms with Crippen molar-refractivity contribution in [3.05, 3.63) is 59.9 Å². The van der Waals surface area contributed by atoms with Crippen LogP contribution in [-0.4, -0.2) is 37.2 Å². The summed E-state index contributed by atoms with van der Waals surface area (Å²) < 4.78 is 27.5. The van der Waals surface area contributed by atoms with E-state index in [9.17, 15) is 13.2 Å². The Balaban J connectivity index is 1.91. The highest BCUT2D eigenvalue weighted by Gasteiger charge is 2.36. The van der Waals surface area contributed by atoms with Crippen LogP contribution in [0.5, 0.6) is 0 Å². The van der Waals surface area contributed by atoms with Gasteiger partial charge in [0.1, 0.15) is 0 Å². The highest BCUT2D eigenvalue weighted by atomic mass is 32.2. The zero-order chi connectivity index (χ0) is 17.2. The molecule has 0 aliphatic carbocycles. The zero-order valence-electron chi connectivity index (χ0n) is 13.3. The summed E-state index contributed by atoms with van der Waals surface area (Å²) in [6.07, 6.45) is 4.97. The highest BCUT2D eigenvalue weighted by Crippen LogP contribution is 2.36. The molecular weight excluding hydrogens is 326 g/mol. The van der Waals surface area contributed by atoms with Crippen molar-refractivity contribution >= 4 is 15.9 Å². The van der Waals surface area contributed by atoms with Gasteiger partial charge in [0.05, 0.1) is 10.9 Å². The molecule has 1 atom stereocenters. The fourth-order valence-electron chi connectivity index (χ4n) is 3.00. The van der Waals surface area contributed by atoms with Gasteiger partial charge in [-0.3, -0.25) is 9.78 Å². The van der Waals surface area contributed by atoms with Crippen LogP contribution in [0.3, 0.4) is 0 Å². The molecule has 1 aromatic carbocycles. The van der Waals surface area contributed by atoms with Gasteiger partial charge in [-0.15, -0.1) is 0 Å². The maximum Gasteiger partial charge on any atom is 0.251 e. The number of benzene rings is 1. The summed E-state index contributed by atoms with van der Waals surface area (Å²) in [6.45, 7) is 0.493. The van der Waals surface area contributed by atoms with E-state index in [4.69, 9.17) is 0 Å². The lowest BCUT2D eigenvalue weighted by atomic mass is 10.1. The lowest BCUT2D eigenvalue weighted by molar-refractivity contribution is 0.0963. The van der Waals surface area contributed by atoms with Gasteiger partial charge in [-0.05, 0) is 54.8 Å². The molecule has 1 N–H and O–H groups in total. The third kappa shape index (κ3) is 3.05. The Labute approximate surface area is 141 Å². The zero-order valence-corrected chi connectivity index (χ0v) is 14.2. The first-order valence-electron chi connectivity index (χ1n) is 7.78. The number of hydrogen-bond acceptors (Lipinski definition) is 4. The number of carbonyl (C=O) groups is 1. The molecule has 6 nitrogen and oxygen atoms in total. The summed E-state index contributed by atoms with van der Waals surface area (Å²) in [5.41, 5.74) is 1.39. The Morgan fingerprint density at radius 1 is 1.17 bits per heavy atom. The van der Waals surface area contributed by atoms with E-state index in [2.05, 4.69) is 10.3 Å². The lowest BCUT2D eigenvalue weighted by Crippen LogP contribution is -2.30. The SMILES string of the molecule is CNC(=O)c1ccc(S(=O)(=O)N2CCC[C@H]2c2ccncc2)cc1. The number of hydrogen-bond donors (Lipinski definition) is 1. The molecule has 3 rings (SSSR count). The van der Waals surface area contributed by atoms with E-state index < -0.39 is 10.0 Å². The minimum absolute atomic E-state index is 0.170. The van der Waals surface area contributed by atoms with Crippen LogP contribution in [0.25, 0.3) is 0 Å². The summed E-state index contributed by atoms with van der Waals surface area (Å²) in [5.74, 6) is -0.241. The number of nitrogens with one attached hydrogen (secondary N) is 1. The van der Waals surface area contributed by atoms with Crippen LogP contribution in [0.4, 0.5) is 0 Å². The first-order valence-corrected chi connectivity index (χ1v) is 9.22. The van der Waals surface area contributed by atoms with Crippen molar-refractivity contribution in [3.63, 3.8) is 0 Å². The van der Waals surface area contributed by atoms with Crippen LogP contribution in [0.2, 0.25) is 0 Å². The summed E-state index contributed by atoms with van der Waals surface area (Å²) in [4.78, 5) is 15.8. The third-order valence-electron chi connectivity index (χ3n) is 4.24. The Kier molecular flexibility index (Phi) is 4.64. The van der Waals surface area contributed by atoms with Crippen molar-refractivity contribution < 1.29 is 13.2 Å². The van der Waals surface area contributed by atoms with E-state index in [1.807, 2.05) is 12.1 Å². The van der Waals surface area contributed by atoms with E-state index in [1.165, 1.54) is 35.6 Å². The minimum Gasteiger partial charge on any atom is -0.355 e. The maximum atomic E-state index is 13.0. The number of pyridine rings is 1.